The maximum atomic E-state index is 10.6. The van der Waals surface area contributed by atoms with Crippen molar-refractivity contribution >= 4 is 23.9 Å². The molecule has 0 radical (unpaired) electrons. The van der Waals surface area contributed by atoms with E-state index in [9.17, 15) is 4.79 Å². The Morgan fingerprint density at radius 3 is 2.71 bits per heavy atom. The van der Waals surface area contributed by atoms with Gasteiger partial charge in [-0.05, 0) is 29.8 Å². The molecule has 1 aliphatic rings. The second kappa shape index (κ2) is 5.72. The van der Waals surface area contributed by atoms with Crippen molar-refractivity contribution in [2.45, 2.75) is 13.0 Å². The molecule has 17 heavy (non-hydrogen) atoms. The van der Waals surface area contributed by atoms with Gasteiger partial charge in [-0.2, -0.15) is 16.9 Å². The van der Waals surface area contributed by atoms with Crippen molar-refractivity contribution in [3.8, 4) is 5.75 Å². The fraction of sp³-hybridized carbons (Fsp3) is 0.333. The smallest absolute Gasteiger partial charge is 0.236 e. The minimum atomic E-state index is -0.177. The van der Waals surface area contributed by atoms with Crippen LogP contribution in [0.1, 0.15) is 12.5 Å². The Hall–Kier alpha value is -1.49. The SMILES string of the molecule is CC(=O)N/N=C/c1ccc(OC2CSC2)cc1. The van der Waals surface area contributed by atoms with Gasteiger partial charge in [0, 0.05) is 18.4 Å². The molecule has 0 spiro atoms. The molecule has 2 rings (SSSR count). The summed E-state index contributed by atoms with van der Waals surface area (Å²) in [7, 11) is 0. The Balaban J connectivity index is 1.88. The van der Waals surface area contributed by atoms with Crippen LogP contribution in [-0.2, 0) is 4.79 Å². The molecule has 0 unspecified atom stereocenters. The van der Waals surface area contributed by atoms with E-state index in [4.69, 9.17) is 4.74 Å². The molecule has 1 saturated heterocycles. The van der Waals surface area contributed by atoms with E-state index in [2.05, 4.69) is 10.5 Å². The summed E-state index contributed by atoms with van der Waals surface area (Å²) in [5.41, 5.74) is 3.28. The normalized spacial score (nSPS) is 15.6. The van der Waals surface area contributed by atoms with E-state index in [1.54, 1.807) is 6.21 Å². The van der Waals surface area contributed by atoms with Gasteiger partial charge in [-0.25, -0.2) is 5.43 Å². The number of amides is 1. The number of nitrogens with one attached hydrogen (secondary N) is 1. The molecule has 1 aromatic rings. The number of benzene rings is 1. The summed E-state index contributed by atoms with van der Waals surface area (Å²) in [5.74, 6) is 2.85. The predicted molar refractivity (Wildman–Crippen MR) is 69.6 cm³/mol. The fourth-order valence-corrected chi connectivity index (χ4v) is 1.87. The van der Waals surface area contributed by atoms with Gasteiger partial charge in [-0.3, -0.25) is 4.79 Å². The molecule has 5 heteroatoms. The summed E-state index contributed by atoms with van der Waals surface area (Å²) in [5, 5.41) is 3.79. The van der Waals surface area contributed by atoms with Crippen LogP contribution in [0.2, 0.25) is 0 Å². The summed E-state index contributed by atoms with van der Waals surface area (Å²) in [6, 6.07) is 7.65. The molecule has 1 aromatic carbocycles. The summed E-state index contributed by atoms with van der Waals surface area (Å²) in [6.07, 6.45) is 1.96. The molecule has 0 aliphatic carbocycles. The molecule has 0 saturated carbocycles. The van der Waals surface area contributed by atoms with E-state index in [1.165, 1.54) is 6.92 Å². The van der Waals surface area contributed by atoms with E-state index < -0.39 is 0 Å². The van der Waals surface area contributed by atoms with E-state index in [-0.39, 0.29) is 5.91 Å². The highest BCUT2D eigenvalue weighted by Gasteiger charge is 2.19. The zero-order valence-electron chi connectivity index (χ0n) is 9.55. The van der Waals surface area contributed by atoms with Crippen LogP contribution in [0.5, 0.6) is 5.75 Å². The Bertz CT molecular complexity index is 413. The van der Waals surface area contributed by atoms with Gasteiger partial charge < -0.3 is 4.74 Å². The van der Waals surface area contributed by atoms with Gasteiger partial charge in [0.1, 0.15) is 11.9 Å². The van der Waals surface area contributed by atoms with Gasteiger partial charge in [0.15, 0.2) is 0 Å². The van der Waals surface area contributed by atoms with Crippen molar-refractivity contribution in [1.29, 1.82) is 0 Å². The Morgan fingerprint density at radius 1 is 1.47 bits per heavy atom. The van der Waals surface area contributed by atoms with Crippen molar-refractivity contribution in [3.63, 3.8) is 0 Å². The quantitative estimate of drug-likeness (QED) is 0.653. The second-order valence-electron chi connectivity index (χ2n) is 3.77. The molecular formula is C12H14N2O2S. The summed E-state index contributed by atoms with van der Waals surface area (Å²) < 4.78 is 5.71. The number of rotatable bonds is 4. The largest absolute Gasteiger partial charge is 0.489 e. The zero-order chi connectivity index (χ0) is 12.1. The number of thioether (sulfide) groups is 1. The highest BCUT2D eigenvalue weighted by Crippen LogP contribution is 2.23. The van der Waals surface area contributed by atoms with Crippen molar-refractivity contribution in [3.05, 3.63) is 29.8 Å². The maximum Gasteiger partial charge on any atom is 0.236 e. The van der Waals surface area contributed by atoms with E-state index in [0.29, 0.717) is 6.10 Å². The summed E-state index contributed by atoms with van der Waals surface area (Å²) >= 11 is 1.89. The number of carbonyl (C=O) groups is 1. The van der Waals surface area contributed by atoms with E-state index >= 15 is 0 Å². The highest BCUT2D eigenvalue weighted by atomic mass is 32.2. The third kappa shape index (κ3) is 3.78. The average Bonchev–Trinajstić information content (AvgIpc) is 2.25. The lowest BCUT2D eigenvalue weighted by Gasteiger charge is -2.25. The molecule has 0 atom stereocenters. The second-order valence-corrected chi connectivity index (χ2v) is 4.85. The molecule has 1 N–H and O–H groups in total. The maximum absolute atomic E-state index is 10.6. The number of hydrazone groups is 1. The van der Waals surface area contributed by atoms with Gasteiger partial charge in [0.05, 0.1) is 6.21 Å². The standard InChI is InChI=1S/C12H14N2O2S/c1-9(15)14-13-6-10-2-4-11(5-3-10)16-12-7-17-8-12/h2-6,12H,7-8H2,1H3,(H,14,15)/b13-6+. The van der Waals surface area contributed by atoms with Gasteiger partial charge in [-0.15, -0.1) is 0 Å². The first kappa shape index (κ1) is 12.0. The van der Waals surface area contributed by atoms with Crippen molar-refractivity contribution in [2.24, 2.45) is 5.10 Å². The van der Waals surface area contributed by atoms with Crippen LogP contribution in [0, 0.1) is 0 Å². The number of carbonyl (C=O) groups excluding carboxylic acids is 1. The Labute approximate surface area is 104 Å². The third-order valence-corrected chi connectivity index (χ3v) is 3.44. The number of ether oxygens (including phenoxy) is 1. The van der Waals surface area contributed by atoms with Crippen LogP contribution in [-0.4, -0.2) is 29.7 Å². The van der Waals surface area contributed by atoms with Gasteiger partial charge >= 0.3 is 0 Å². The lowest BCUT2D eigenvalue weighted by Crippen LogP contribution is -2.30. The lowest BCUT2D eigenvalue weighted by molar-refractivity contribution is -0.118. The van der Waals surface area contributed by atoms with Crippen molar-refractivity contribution < 1.29 is 9.53 Å². The van der Waals surface area contributed by atoms with E-state index in [0.717, 1.165) is 22.8 Å². The van der Waals surface area contributed by atoms with Crippen LogP contribution in [0.25, 0.3) is 0 Å². The molecule has 0 bridgehead atoms. The first-order valence-electron chi connectivity index (χ1n) is 5.38. The Morgan fingerprint density at radius 2 is 2.18 bits per heavy atom. The van der Waals surface area contributed by atoms with Gasteiger partial charge in [0.2, 0.25) is 5.91 Å². The average molecular weight is 250 g/mol. The number of hydrogen-bond acceptors (Lipinski definition) is 4. The summed E-state index contributed by atoms with van der Waals surface area (Å²) in [6.45, 7) is 1.42. The highest BCUT2D eigenvalue weighted by molar-refractivity contribution is 8.00. The van der Waals surface area contributed by atoms with Crippen LogP contribution >= 0.6 is 11.8 Å². The van der Waals surface area contributed by atoms with Gasteiger partial charge in [0.25, 0.3) is 0 Å². The van der Waals surface area contributed by atoms with Crippen molar-refractivity contribution in [1.82, 2.24) is 5.43 Å². The first-order chi connectivity index (χ1) is 8.24. The van der Waals surface area contributed by atoms with E-state index in [1.807, 2.05) is 36.0 Å². The van der Waals surface area contributed by atoms with Crippen LogP contribution in [0.3, 0.4) is 0 Å². The topological polar surface area (TPSA) is 50.7 Å². The molecule has 1 fully saturated rings. The van der Waals surface area contributed by atoms with Crippen LogP contribution < -0.4 is 10.2 Å². The Kier molecular flexibility index (Phi) is 4.03. The molecule has 4 nitrogen and oxygen atoms in total. The molecule has 90 valence electrons. The van der Waals surface area contributed by atoms with Crippen LogP contribution in [0.15, 0.2) is 29.4 Å². The monoisotopic (exact) mass is 250 g/mol. The molecule has 1 aliphatic heterocycles. The first-order valence-corrected chi connectivity index (χ1v) is 6.53. The molecule has 1 amide bonds. The molecule has 0 aromatic heterocycles. The lowest BCUT2D eigenvalue weighted by atomic mass is 10.2. The summed E-state index contributed by atoms with van der Waals surface area (Å²) in [4.78, 5) is 10.6. The third-order valence-electron chi connectivity index (χ3n) is 2.23. The zero-order valence-corrected chi connectivity index (χ0v) is 10.4. The molecular weight excluding hydrogens is 236 g/mol. The number of hydrogen-bond donors (Lipinski definition) is 1. The molecule has 1 heterocycles. The number of nitrogens with zero attached hydrogens (tertiary/aromatic N) is 1. The fourth-order valence-electron chi connectivity index (χ4n) is 1.30. The predicted octanol–water partition coefficient (Wildman–Crippen LogP) is 1.65. The van der Waals surface area contributed by atoms with Crippen LogP contribution in [0.4, 0.5) is 0 Å². The van der Waals surface area contributed by atoms with Crippen molar-refractivity contribution in [2.75, 3.05) is 11.5 Å². The van der Waals surface area contributed by atoms with Gasteiger partial charge in [-0.1, -0.05) is 0 Å². The minimum absolute atomic E-state index is 0.177. The minimum Gasteiger partial charge on any atom is -0.489 e.